The molecule has 3 heterocycles. The molecule has 2 aliphatic heterocycles. The Balaban J connectivity index is 1.58. The van der Waals surface area contributed by atoms with Crippen LogP contribution in [0, 0.1) is 5.92 Å². The number of amides is 2. The van der Waals surface area contributed by atoms with Crippen molar-refractivity contribution in [3.8, 4) is 0 Å². The van der Waals surface area contributed by atoms with Crippen LogP contribution >= 0.6 is 23.2 Å². The average molecular weight is 440 g/mol. The third-order valence-corrected chi connectivity index (χ3v) is 6.07. The van der Waals surface area contributed by atoms with Gasteiger partial charge in [0, 0.05) is 12.4 Å². The molecule has 6 nitrogen and oxygen atoms in total. The van der Waals surface area contributed by atoms with Crippen LogP contribution in [0.2, 0.25) is 10.0 Å². The van der Waals surface area contributed by atoms with Crippen LogP contribution in [0.1, 0.15) is 11.6 Å². The largest absolute Gasteiger partial charge is 0.273 e. The molecule has 2 fully saturated rings. The van der Waals surface area contributed by atoms with E-state index >= 15 is 0 Å². The molecule has 3 aromatic rings. The first kappa shape index (κ1) is 19.1. The van der Waals surface area contributed by atoms with Crippen LogP contribution in [0.15, 0.2) is 73.1 Å². The van der Waals surface area contributed by atoms with Crippen LogP contribution in [0.3, 0.4) is 0 Å². The number of fused-ring (bicyclic) bond motifs is 1. The number of aromatic nitrogens is 1. The maximum absolute atomic E-state index is 13.5. The van der Waals surface area contributed by atoms with Crippen molar-refractivity contribution in [1.82, 2.24) is 4.98 Å². The molecule has 30 heavy (non-hydrogen) atoms. The van der Waals surface area contributed by atoms with Gasteiger partial charge in [0.05, 0.1) is 27.5 Å². The maximum atomic E-state index is 13.5. The van der Waals surface area contributed by atoms with Crippen LogP contribution < -0.4 is 9.96 Å². The number of anilines is 2. The summed E-state index contributed by atoms with van der Waals surface area (Å²) in [6, 6.07) is 17.2. The first-order chi connectivity index (χ1) is 14.6. The van der Waals surface area contributed by atoms with E-state index < -0.39 is 24.0 Å². The van der Waals surface area contributed by atoms with E-state index in [1.807, 2.05) is 42.5 Å². The molecular formula is C22H15Cl2N3O3. The number of nitrogens with zero attached hydrogens (tertiary/aromatic N) is 3. The Labute approximate surface area is 182 Å². The smallest absolute Gasteiger partial charge is 0.266 e. The fraction of sp³-hybridized carbons (Fsp3) is 0.136. The number of imide groups is 1. The predicted molar refractivity (Wildman–Crippen MR) is 113 cm³/mol. The lowest BCUT2D eigenvalue weighted by molar-refractivity contribution is -0.126. The van der Waals surface area contributed by atoms with Gasteiger partial charge in [-0.25, -0.2) is 9.96 Å². The van der Waals surface area contributed by atoms with Crippen molar-refractivity contribution >= 4 is 46.4 Å². The number of carbonyl (C=O) groups is 2. The quantitative estimate of drug-likeness (QED) is 0.564. The molecule has 2 amide bonds. The van der Waals surface area contributed by atoms with E-state index in [0.717, 1.165) is 16.2 Å². The first-order valence-corrected chi connectivity index (χ1v) is 10.1. The van der Waals surface area contributed by atoms with Gasteiger partial charge in [-0.3, -0.25) is 19.4 Å². The highest BCUT2D eigenvalue weighted by atomic mass is 35.5. The summed E-state index contributed by atoms with van der Waals surface area (Å²) < 4.78 is 0. The van der Waals surface area contributed by atoms with Gasteiger partial charge in [0.25, 0.3) is 5.91 Å². The topological polar surface area (TPSA) is 62.7 Å². The molecule has 0 aliphatic carbocycles. The first-order valence-electron chi connectivity index (χ1n) is 9.30. The summed E-state index contributed by atoms with van der Waals surface area (Å²) in [5.74, 6) is -1.49. The zero-order chi connectivity index (χ0) is 20.8. The third-order valence-electron chi connectivity index (χ3n) is 5.34. The molecule has 0 unspecified atom stereocenters. The summed E-state index contributed by atoms with van der Waals surface area (Å²) in [6.45, 7) is 0. The lowest BCUT2D eigenvalue weighted by Gasteiger charge is -2.28. The van der Waals surface area contributed by atoms with Crippen LogP contribution in [0.5, 0.6) is 0 Å². The second kappa shape index (κ2) is 7.40. The Bertz CT molecular complexity index is 1130. The molecule has 2 saturated heterocycles. The summed E-state index contributed by atoms with van der Waals surface area (Å²) in [5, 5.41) is 2.26. The van der Waals surface area contributed by atoms with Gasteiger partial charge in [0.2, 0.25) is 5.91 Å². The Kier molecular flexibility index (Phi) is 4.70. The van der Waals surface area contributed by atoms with Crippen LogP contribution in [-0.2, 0) is 14.4 Å². The zero-order valence-electron chi connectivity index (χ0n) is 15.5. The number of rotatable bonds is 3. The summed E-state index contributed by atoms with van der Waals surface area (Å²) in [7, 11) is 0. The predicted octanol–water partition coefficient (Wildman–Crippen LogP) is 4.44. The number of hydroxylamine groups is 1. The number of hydrogen-bond donors (Lipinski definition) is 0. The molecule has 2 aromatic carbocycles. The second-order valence-corrected chi connectivity index (χ2v) is 7.86. The standard InChI is InChI=1S/C22H15Cl2N3O3/c23-16-7-6-15(12-17(16)24)26-21(28)18-19(13-8-10-25-11-9-13)27(30-20(18)22(26)29)14-4-2-1-3-5-14/h1-12,18-20H/t18-,19-,20-/m1/s1. The minimum Gasteiger partial charge on any atom is -0.273 e. The Hall–Kier alpha value is -2.93. The highest BCUT2D eigenvalue weighted by Gasteiger charge is 2.60. The highest BCUT2D eigenvalue weighted by Crippen LogP contribution is 2.47. The number of carbonyl (C=O) groups excluding carboxylic acids is 2. The van der Waals surface area contributed by atoms with Gasteiger partial charge in [0.15, 0.2) is 6.10 Å². The minimum atomic E-state index is -0.940. The van der Waals surface area contributed by atoms with Crippen LogP contribution in [0.25, 0.3) is 0 Å². The van der Waals surface area contributed by atoms with Crippen LogP contribution in [-0.4, -0.2) is 22.9 Å². The lowest BCUT2D eigenvalue weighted by atomic mass is 9.91. The van der Waals surface area contributed by atoms with Gasteiger partial charge in [0.1, 0.15) is 5.92 Å². The molecule has 0 saturated carbocycles. The van der Waals surface area contributed by atoms with Crippen LogP contribution in [0.4, 0.5) is 11.4 Å². The average Bonchev–Trinajstić information content (AvgIpc) is 3.28. The normalized spacial score (nSPS) is 23.2. The molecule has 3 atom stereocenters. The Morgan fingerprint density at radius 3 is 2.27 bits per heavy atom. The summed E-state index contributed by atoms with van der Waals surface area (Å²) in [4.78, 5) is 37.9. The fourth-order valence-corrected chi connectivity index (χ4v) is 4.28. The van der Waals surface area contributed by atoms with Gasteiger partial charge in [-0.2, -0.15) is 0 Å². The Morgan fingerprint density at radius 2 is 1.57 bits per heavy atom. The monoisotopic (exact) mass is 439 g/mol. The molecular weight excluding hydrogens is 425 g/mol. The van der Waals surface area contributed by atoms with Gasteiger partial charge in [-0.1, -0.05) is 41.4 Å². The van der Waals surface area contributed by atoms with E-state index in [2.05, 4.69) is 4.98 Å². The van der Waals surface area contributed by atoms with E-state index in [4.69, 9.17) is 28.0 Å². The summed E-state index contributed by atoms with van der Waals surface area (Å²) >= 11 is 12.1. The van der Waals surface area contributed by atoms with E-state index in [0.29, 0.717) is 10.7 Å². The highest BCUT2D eigenvalue weighted by molar-refractivity contribution is 6.42. The SMILES string of the molecule is O=C1[C@@H]2[C@@H](c3ccncc3)N(c3ccccc3)O[C@H]2C(=O)N1c1ccc(Cl)c(Cl)c1. The molecule has 0 radical (unpaired) electrons. The van der Waals surface area contributed by atoms with Crippen molar-refractivity contribution < 1.29 is 14.4 Å². The summed E-state index contributed by atoms with van der Waals surface area (Å²) in [5.41, 5.74) is 1.96. The van der Waals surface area contributed by atoms with Crippen molar-refractivity contribution in [2.24, 2.45) is 5.92 Å². The van der Waals surface area contributed by atoms with Crippen molar-refractivity contribution in [2.45, 2.75) is 12.1 Å². The van der Waals surface area contributed by atoms with E-state index in [-0.39, 0.29) is 10.9 Å². The molecule has 2 aliphatic rings. The number of para-hydroxylation sites is 1. The molecule has 150 valence electrons. The minimum absolute atomic E-state index is 0.268. The van der Waals surface area contributed by atoms with Gasteiger partial charge < -0.3 is 0 Å². The van der Waals surface area contributed by atoms with Crippen molar-refractivity contribution in [2.75, 3.05) is 9.96 Å². The zero-order valence-corrected chi connectivity index (χ0v) is 17.0. The number of benzene rings is 2. The molecule has 5 rings (SSSR count). The van der Waals surface area contributed by atoms with Gasteiger partial charge in [-0.05, 0) is 48.0 Å². The molecule has 8 heteroatoms. The lowest BCUT2D eigenvalue weighted by Crippen LogP contribution is -2.37. The summed E-state index contributed by atoms with van der Waals surface area (Å²) in [6.07, 6.45) is 2.37. The van der Waals surface area contributed by atoms with Gasteiger partial charge >= 0.3 is 0 Å². The van der Waals surface area contributed by atoms with Gasteiger partial charge in [-0.15, -0.1) is 0 Å². The number of pyridine rings is 1. The molecule has 1 aromatic heterocycles. The Morgan fingerprint density at radius 1 is 0.833 bits per heavy atom. The van der Waals surface area contributed by atoms with Crippen molar-refractivity contribution in [3.63, 3.8) is 0 Å². The maximum Gasteiger partial charge on any atom is 0.266 e. The van der Waals surface area contributed by atoms with E-state index in [9.17, 15) is 9.59 Å². The number of hydrogen-bond acceptors (Lipinski definition) is 5. The number of halogens is 2. The van der Waals surface area contributed by atoms with E-state index in [1.165, 1.54) is 6.07 Å². The molecule has 0 spiro atoms. The molecule has 0 bridgehead atoms. The van der Waals surface area contributed by atoms with Crippen molar-refractivity contribution in [1.29, 1.82) is 0 Å². The third kappa shape index (κ3) is 2.96. The van der Waals surface area contributed by atoms with E-state index in [1.54, 1.807) is 29.6 Å². The van der Waals surface area contributed by atoms with Crippen molar-refractivity contribution in [3.05, 3.63) is 88.7 Å². The second-order valence-electron chi connectivity index (χ2n) is 7.05. The fourth-order valence-electron chi connectivity index (χ4n) is 3.99. The molecule has 0 N–H and O–H groups in total.